The number of benzene rings is 1. The Morgan fingerprint density at radius 2 is 2.10 bits per heavy atom. The lowest BCUT2D eigenvalue weighted by Gasteiger charge is -2.23. The molecule has 0 amide bonds. The SMILES string of the molecule is O=Cc1cc(Cl)c2c(c1)NC(C1=C(Cl)C=CCC1F)N2. The summed E-state index contributed by atoms with van der Waals surface area (Å²) < 4.78 is 14.1. The van der Waals surface area contributed by atoms with Crippen LogP contribution in [0, 0.1) is 0 Å². The summed E-state index contributed by atoms with van der Waals surface area (Å²) >= 11 is 12.2. The number of aldehydes is 1. The number of halogens is 3. The number of anilines is 2. The molecule has 2 atom stereocenters. The first-order chi connectivity index (χ1) is 9.60. The minimum Gasteiger partial charge on any atom is -0.360 e. The highest BCUT2D eigenvalue weighted by molar-refractivity contribution is 6.34. The summed E-state index contributed by atoms with van der Waals surface area (Å²) in [6.07, 6.45) is 2.81. The maximum atomic E-state index is 14.1. The summed E-state index contributed by atoms with van der Waals surface area (Å²) in [4.78, 5) is 10.8. The molecule has 0 radical (unpaired) electrons. The van der Waals surface area contributed by atoms with Gasteiger partial charge in [0.05, 0.1) is 16.4 Å². The molecule has 0 spiro atoms. The Balaban J connectivity index is 1.96. The van der Waals surface area contributed by atoms with E-state index in [2.05, 4.69) is 10.6 Å². The van der Waals surface area contributed by atoms with E-state index in [0.29, 0.717) is 45.3 Å². The van der Waals surface area contributed by atoms with Crippen LogP contribution in [0.5, 0.6) is 0 Å². The van der Waals surface area contributed by atoms with Gasteiger partial charge < -0.3 is 10.6 Å². The predicted octanol–water partition coefficient (Wildman–Crippen LogP) is 4.11. The summed E-state index contributed by atoms with van der Waals surface area (Å²) in [7, 11) is 0. The zero-order valence-corrected chi connectivity index (χ0v) is 11.8. The molecule has 2 aliphatic rings. The van der Waals surface area contributed by atoms with Gasteiger partial charge in [0.2, 0.25) is 0 Å². The fourth-order valence-corrected chi connectivity index (χ4v) is 3.03. The molecule has 20 heavy (non-hydrogen) atoms. The van der Waals surface area contributed by atoms with Crippen LogP contribution in [0.15, 0.2) is 34.9 Å². The molecular formula is C14H11Cl2FN2O. The number of fused-ring (bicyclic) bond motifs is 1. The molecule has 1 aromatic carbocycles. The Kier molecular flexibility index (Phi) is 3.44. The van der Waals surface area contributed by atoms with Gasteiger partial charge in [-0.05, 0) is 18.2 Å². The molecular weight excluding hydrogens is 302 g/mol. The Hall–Kier alpha value is -1.52. The fourth-order valence-electron chi connectivity index (χ4n) is 2.43. The molecule has 1 aliphatic heterocycles. The quantitative estimate of drug-likeness (QED) is 0.808. The van der Waals surface area contributed by atoms with Crippen LogP contribution >= 0.6 is 23.2 Å². The molecule has 2 N–H and O–H groups in total. The smallest absolute Gasteiger partial charge is 0.150 e. The third-order valence-corrected chi connectivity index (χ3v) is 4.01. The van der Waals surface area contributed by atoms with Gasteiger partial charge in [-0.2, -0.15) is 0 Å². The maximum absolute atomic E-state index is 14.1. The molecule has 3 rings (SSSR count). The second kappa shape index (κ2) is 5.11. The average molecular weight is 313 g/mol. The monoisotopic (exact) mass is 312 g/mol. The van der Waals surface area contributed by atoms with Gasteiger partial charge in [-0.15, -0.1) is 0 Å². The van der Waals surface area contributed by atoms with Crippen molar-refractivity contribution in [1.29, 1.82) is 0 Å². The van der Waals surface area contributed by atoms with Crippen molar-refractivity contribution in [3.63, 3.8) is 0 Å². The van der Waals surface area contributed by atoms with Crippen LogP contribution in [-0.2, 0) is 0 Å². The summed E-state index contributed by atoms with van der Waals surface area (Å²) in [6, 6.07) is 3.23. The first kappa shape index (κ1) is 13.5. The lowest BCUT2D eigenvalue weighted by Crippen LogP contribution is -2.31. The van der Waals surface area contributed by atoms with E-state index in [-0.39, 0.29) is 0 Å². The molecule has 0 bridgehead atoms. The van der Waals surface area contributed by atoms with Crippen molar-refractivity contribution in [3.8, 4) is 0 Å². The van der Waals surface area contributed by atoms with E-state index in [1.807, 2.05) is 0 Å². The molecule has 0 aromatic heterocycles. The maximum Gasteiger partial charge on any atom is 0.150 e. The molecule has 1 aliphatic carbocycles. The van der Waals surface area contributed by atoms with Crippen LogP contribution in [0.3, 0.4) is 0 Å². The molecule has 104 valence electrons. The Morgan fingerprint density at radius 1 is 1.30 bits per heavy atom. The number of nitrogens with one attached hydrogen (secondary N) is 2. The molecule has 1 heterocycles. The van der Waals surface area contributed by atoms with Crippen LogP contribution in [0.4, 0.5) is 15.8 Å². The van der Waals surface area contributed by atoms with Crippen molar-refractivity contribution in [2.24, 2.45) is 0 Å². The zero-order chi connectivity index (χ0) is 14.3. The number of carbonyl (C=O) groups is 1. The number of rotatable bonds is 2. The van der Waals surface area contributed by atoms with Crippen molar-refractivity contribution in [2.75, 3.05) is 10.6 Å². The number of carbonyl (C=O) groups excluding carboxylic acids is 1. The normalized spacial score (nSPS) is 24.1. The van der Waals surface area contributed by atoms with E-state index in [1.54, 1.807) is 24.3 Å². The minimum absolute atomic E-state index is 0.301. The molecule has 0 saturated heterocycles. The van der Waals surface area contributed by atoms with Crippen molar-refractivity contribution < 1.29 is 9.18 Å². The fraction of sp³-hybridized carbons (Fsp3) is 0.214. The number of hydrogen-bond donors (Lipinski definition) is 2. The summed E-state index contributed by atoms with van der Waals surface area (Å²) in [5, 5.41) is 7.02. The van der Waals surface area contributed by atoms with Gasteiger partial charge in [0, 0.05) is 22.6 Å². The van der Waals surface area contributed by atoms with Crippen LogP contribution < -0.4 is 10.6 Å². The van der Waals surface area contributed by atoms with Crippen molar-refractivity contribution in [3.05, 3.63) is 45.5 Å². The van der Waals surface area contributed by atoms with Crippen LogP contribution in [0.1, 0.15) is 16.8 Å². The lowest BCUT2D eigenvalue weighted by molar-refractivity contribution is 0.112. The first-order valence-electron chi connectivity index (χ1n) is 6.12. The van der Waals surface area contributed by atoms with Crippen molar-refractivity contribution >= 4 is 40.9 Å². The number of hydrogen-bond acceptors (Lipinski definition) is 3. The molecule has 0 fully saturated rings. The van der Waals surface area contributed by atoms with E-state index >= 15 is 0 Å². The van der Waals surface area contributed by atoms with Crippen LogP contribution in [0.25, 0.3) is 0 Å². The largest absolute Gasteiger partial charge is 0.360 e. The van der Waals surface area contributed by atoms with Gasteiger partial charge in [-0.3, -0.25) is 4.79 Å². The minimum atomic E-state index is -1.14. The topological polar surface area (TPSA) is 41.1 Å². The van der Waals surface area contributed by atoms with E-state index in [9.17, 15) is 9.18 Å². The van der Waals surface area contributed by atoms with Crippen LogP contribution in [0.2, 0.25) is 5.02 Å². The first-order valence-corrected chi connectivity index (χ1v) is 6.87. The number of allylic oxidation sites excluding steroid dienone is 3. The van der Waals surface area contributed by atoms with E-state index in [4.69, 9.17) is 23.2 Å². The van der Waals surface area contributed by atoms with Gasteiger partial charge in [0.25, 0.3) is 0 Å². The third-order valence-electron chi connectivity index (χ3n) is 3.37. The second-order valence-electron chi connectivity index (χ2n) is 4.67. The number of alkyl halides is 1. The standard InChI is InChI=1S/C14H11Cl2FN2O/c15-8-2-1-3-10(17)12(8)14-18-11-5-7(6-20)4-9(16)13(11)19-14/h1-2,4-6,10,14,18-19H,3H2. The average Bonchev–Trinajstić information content (AvgIpc) is 2.82. The van der Waals surface area contributed by atoms with Gasteiger partial charge >= 0.3 is 0 Å². The third kappa shape index (κ3) is 2.19. The van der Waals surface area contributed by atoms with E-state index < -0.39 is 12.3 Å². The highest BCUT2D eigenvalue weighted by Crippen LogP contribution is 2.40. The van der Waals surface area contributed by atoms with Crippen molar-refractivity contribution in [2.45, 2.75) is 18.8 Å². The zero-order valence-electron chi connectivity index (χ0n) is 10.3. The van der Waals surface area contributed by atoms with E-state index in [1.165, 1.54) is 0 Å². The molecule has 1 aromatic rings. The van der Waals surface area contributed by atoms with E-state index in [0.717, 1.165) is 0 Å². The van der Waals surface area contributed by atoms with Gasteiger partial charge in [-0.25, -0.2) is 4.39 Å². The Bertz CT molecular complexity index is 642. The predicted molar refractivity (Wildman–Crippen MR) is 79.4 cm³/mol. The molecule has 6 heteroatoms. The molecule has 0 saturated carbocycles. The summed E-state index contributed by atoms with van der Waals surface area (Å²) in [5.74, 6) is 0. The van der Waals surface area contributed by atoms with Gasteiger partial charge in [0.1, 0.15) is 18.6 Å². The second-order valence-corrected chi connectivity index (χ2v) is 5.49. The van der Waals surface area contributed by atoms with Gasteiger partial charge in [-0.1, -0.05) is 29.3 Å². The Labute approximate surface area is 125 Å². The van der Waals surface area contributed by atoms with Gasteiger partial charge in [0.15, 0.2) is 0 Å². The lowest BCUT2D eigenvalue weighted by atomic mass is 10.0. The van der Waals surface area contributed by atoms with Crippen molar-refractivity contribution in [1.82, 2.24) is 0 Å². The summed E-state index contributed by atoms with van der Waals surface area (Å²) in [5.41, 5.74) is 2.24. The Morgan fingerprint density at radius 3 is 2.80 bits per heavy atom. The summed E-state index contributed by atoms with van der Waals surface area (Å²) in [6.45, 7) is 0. The van der Waals surface area contributed by atoms with Crippen LogP contribution in [-0.4, -0.2) is 18.6 Å². The molecule has 2 unspecified atom stereocenters. The molecule has 3 nitrogen and oxygen atoms in total. The highest BCUT2D eigenvalue weighted by atomic mass is 35.5. The highest BCUT2D eigenvalue weighted by Gasteiger charge is 2.32.